The van der Waals surface area contributed by atoms with Gasteiger partial charge in [-0.3, -0.25) is 0 Å². The van der Waals surface area contributed by atoms with Crippen molar-refractivity contribution in [3.8, 4) is 0 Å². The predicted molar refractivity (Wildman–Crippen MR) is 69.1 cm³/mol. The van der Waals surface area contributed by atoms with Crippen LogP contribution in [0.5, 0.6) is 0 Å². The van der Waals surface area contributed by atoms with Crippen LogP contribution in [0, 0.1) is 11.8 Å². The molecule has 2 aliphatic rings. The average molecular weight is 279 g/mol. The van der Waals surface area contributed by atoms with Crippen LogP contribution in [0.2, 0.25) is 0 Å². The van der Waals surface area contributed by atoms with E-state index in [-0.39, 0.29) is 13.1 Å². The van der Waals surface area contributed by atoms with Gasteiger partial charge >= 0.3 is 6.18 Å². The maximum Gasteiger partial charge on any atom is 0.394 e. The van der Waals surface area contributed by atoms with E-state index in [9.17, 15) is 13.2 Å². The Morgan fingerprint density at radius 3 is 2.47 bits per heavy atom. The number of alkyl halides is 3. The zero-order valence-corrected chi connectivity index (χ0v) is 11.5. The van der Waals surface area contributed by atoms with Crippen LogP contribution in [0.3, 0.4) is 0 Å². The van der Waals surface area contributed by atoms with E-state index in [4.69, 9.17) is 0 Å². The fourth-order valence-electron chi connectivity index (χ4n) is 2.98. The van der Waals surface area contributed by atoms with Gasteiger partial charge in [-0.05, 0) is 38.9 Å². The van der Waals surface area contributed by atoms with Gasteiger partial charge in [-0.25, -0.2) is 0 Å². The molecule has 112 valence electrons. The van der Waals surface area contributed by atoms with Gasteiger partial charge in [-0.1, -0.05) is 0 Å². The van der Waals surface area contributed by atoms with E-state index in [1.165, 1.54) is 0 Å². The van der Waals surface area contributed by atoms with Crippen molar-refractivity contribution in [2.24, 2.45) is 11.8 Å². The third-order valence-corrected chi connectivity index (χ3v) is 4.29. The van der Waals surface area contributed by atoms with Crippen LogP contribution in [0.25, 0.3) is 0 Å². The molecular weight excluding hydrogens is 255 g/mol. The van der Waals surface area contributed by atoms with Gasteiger partial charge in [0.1, 0.15) is 0 Å². The van der Waals surface area contributed by atoms with E-state index in [2.05, 4.69) is 17.3 Å². The zero-order chi connectivity index (χ0) is 13.9. The quantitative estimate of drug-likeness (QED) is 0.824. The lowest BCUT2D eigenvalue weighted by Gasteiger charge is -2.33. The zero-order valence-electron chi connectivity index (χ0n) is 11.5. The fourth-order valence-corrected chi connectivity index (χ4v) is 2.98. The summed E-state index contributed by atoms with van der Waals surface area (Å²) in [5.74, 6) is -0.663. The van der Waals surface area contributed by atoms with Crippen LogP contribution in [0.15, 0.2) is 0 Å². The topological polar surface area (TPSA) is 18.5 Å². The second-order valence-corrected chi connectivity index (χ2v) is 5.95. The first kappa shape index (κ1) is 15.1. The summed E-state index contributed by atoms with van der Waals surface area (Å²) < 4.78 is 38.6. The van der Waals surface area contributed by atoms with Gasteiger partial charge in [0.05, 0.1) is 5.92 Å². The van der Waals surface area contributed by atoms with Gasteiger partial charge in [0, 0.05) is 32.7 Å². The molecule has 0 bridgehead atoms. The van der Waals surface area contributed by atoms with Gasteiger partial charge in [0.15, 0.2) is 0 Å². The second-order valence-electron chi connectivity index (χ2n) is 5.95. The average Bonchev–Trinajstić information content (AvgIpc) is 2.57. The number of piperidine rings is 1. The molecule has 0 spiro atoms. The number of likely N-dealkylation sites (tertiary alicyclic amines) is 1. The van der Waals surface area contributed by atoms with Gasteiger partial charge in [-0.2, -0.15) is 13.2 Å². The Morgan fingerprint density at radius 2 is 1.84 bits per heavy atom. The standard InChI is InChI=1S/C13H24F3N3/c1-18-5-2-11(3-6-18)9-19-7-4-17-8-12(10-19)13(14,15)16/h11-12,17H,2-10H2,1H3. The number of nitrogens with one attached hydrogen (secondary N) is 1. The van der Waals surface area contributed by atoms with E-state index in [0.717, 1.165) is 39.0 Å². The Kier molecular flexibility index (Phi) is 5.09. The molecule has 1 N–H and O–H groups in total. The highest BCUT2D eigenvalue weighted by Crippen LogP contribution is 2.28. The van der Waals surface area contributed by atoms with Crippen molar-refractivity contribution < 1.29 is 13.2 Å². The van der Waals surface area contributed by atoms with E-state index in [1.807, 2.05) is 4.90 Å². The molecule has 19 heavy (non-hydrogen) atoms. The van der Waals surface area contributed by atoms with E-state index >= 15 is 0 Å². The van der Waals surface area contributed by atoms with Crippen LogP contribution in [0.1, 0.15) is 12.8 Å². The summed E-state index contributed by atoms with van der Waals surface area (Å²) in [5.41, 5.74) is 0. The number of nitrogens with zero attached hydrogens (tertiary/aromatic N) is 2. The van der Waals surface area contributed by atoms with Crippen molar-refractivity contribution >= 4 is 0 Å². The lowest BCUT2D eigenvalue weighted by atomic mass is 9.96. The summed E-state index contributed by atoms with van der Waals surface area (Å²) in [7, 11) is 2.10. The molecule has 3 nitrogen and oxygen atoms in total. The maximum absolute atomic E-state index is 12.9. The van der Waals surface area contributed by atoms with Crippen LogP contribution in [-0.2, 0) is 0 Å². The summed E-state index contributed by atoms with van der Waals surface area (Å²) in [5, 5.41) is 2.91. The Morgan fingerprint density at radius 1 is 1.16 bits per heavy atom. The summed E-state index contributed by atoms with van der Waals surface area (Å²) in [6.45, 7) is 4.58. The predicted octanol–water partition coefficient (Wildman–Crippen LogP) is 1.41. The van der Waals surface area contributed by atoms with Crippen molar-refractivity contribution in [3.05, 3.63) is 0 Å². The second kappa shape index (κ2) is 6.41. The van der Waals surface area contributed by atoms with Crippen molar-refractivity contribution in [2.45, 2.75) is 19.0 Å². The minimum atomic E-state index is -4.08. The van der Waals surface area contributed by atoms with Crippen molar-refractivity contribution in [1.29, 1.82) is 0 Å². The molecule has 2 saturated heterocycles. The largest absolute Gasteiger partial charge is 0.394 e. The van der Waals surface area contributed by atoms with Crippen molar-refractivity contribution in [3.63, 3.8) is 0 Å². The molecule has 0 aromatic heterocycles. The molecule has 2 rings (SSSR count). The number of halogens is 3. The molecule has 0 radical (unpaired) electrons. The van der Waals surface area contributed by atoms with Gasteiger partial charge in [0.25, 0.3) is 0 Å². The normalized spacial score (nSPS) is 29.4. The molecule has 1 unspecified atom stereocenters. The Balaban J connectivity index is 1.85. The fraction of sp³-hybridized carbons (Fsp3) is 1.00. The Bertz CT molecular complexity index is 275. The third kappa shape index (κ3) is 4.61. The number of hydrogen-bond donors (Lipinski definition) is 1. The maximum atomic E-state index is 12.9. The summed E-state index contributed by atoms with van der Waals surface area (Å²) in [4.78, 5) is 4.30. The summed E-state index contributed by atoms with van der Waals surface area (Å²) in [6, 6.07) is 0. The molecule has 1 atom stereocenters. The molecule has 0 aromatic rings. The Labute approximate surface area is 113 Å². The van der Waals surface area contributed by atoms with Crippen molar-refractivity contribution in [1.82, 2.24) is 15.1 Å². The first-order valence-electron chi connectivity index (χ1n) is 7.13. The highest BCUT2D eigenvalue weighted by molar-refractivity contribution is 4.81. The minimum absolute atomic E-state index is 0.0629. The molecule has 2 aliphatic heterocycles. The summed E-state index contributed by atoms with van der Waals surface area (Å²) >= 11 is 0. The SMILES string of the molecule is CN1CCC(CN2CCNCC(C(F)(F)F)C2)CC1. The first-order valence-corrected chi connectivity index (χ1v) is 7.13. The molecule has 2 heterocycles. The third-order valence-electron chi connectivity index (χ3n) is 4.29. The summed E-state index contributed by atoms with van der Waals surface area (Å²) in [6.07, 6.45) is -1.86. The van der Waals surface area contributed by atoms with E-state index in [0.29, 0.717) is 12.5 Å². The lowest BCUT2D eigenvalue weighted by molar-refractivity contribution is -0.176. The van der Waals surface area contributed by atoms with Crippen LogP contribution in [-0.4, -0.2) is 68.8 Å². The molecule has 0 saturated carbocycles. The van der Waals surface area contributed by atoms with Gasteiger partial charge in [-0.15, -0.1) is 0 Å². The molecular formula is C13H24F3N3. The highest BCUT2D eigenvalue weighted by Gasteiger charge is 2.41. The molecule has 6 heteroatoms. The molecule has 0 amide bonds. The first-order chi connectivity index (χ1) is 8.95. The Hall–Kier alpha value is -0.330. The lowest BCUT2D eigenvalue weighted by Crippen LogP contribution is -2.42. The van der Waals surface area contributed by atoms with Crippen molar-refractivity contribution in [2.75, 3.05) is 52.9 Å². The van der Waals surface area contributed by atoms with Crippen LogP contribution >= 0.6 is 0 Å². The van der Waals surface area contributed by atoms with Crippen LogP contribution < -0.4 is 5.32 Å². The number of rotatable bonds is 2. The molecule has 0 aliphatic carbocycles. The van der Waals surface area contributed by atoms with Crippen LogP contribution in [0.4, 0.5) is 13.2 Å². The number of hydrogen-bond acceptors (Lipinski definition) is 3. The van der Waals surface area contributed by atoms with Gasteiger partial charge < -0.3 is 15.1 Å². The minimum Gasteiger partial charge on any atom is -0.315 e. The molecule has 0 aromatic carbocycles. The van der Waals surface area contributed by atoms with E-state index < -0.39 is 12.1 Å². The van der Waals surface area contributed by atoms with Gasteiger partial charge in [0.2, 0.25) is 0 Å². The highest BCUT2D eigenvalue weighted by atomic mass is 19.4. The molecule has 2 fully saturated rings. The monoisotopic (exact) mass is 279 g/mol. The van der Waals surface area contributed by atoms with E-state index in [1.54, 1.807) is 0 Å². The smallest absolute Gasteiger partial charge is 0.315 e.